The van der Waals surface area contributed by atoms with Crippen molar-refractivity contribution in [3.05, 3.63) is 48.3 Å². The number of rotatable bonds is 3. The molecule has 0 atom stereocenters. The van der Waals surface area contributed by atoms with Crippen LogP contribution in [0.4, 0.5) is 13.2 Å². The molecule has 0 saturated carbocycles. The highest BCUT2D eigenvalue weighted by Crippen LogP contribution is 2.27. The fourth-order valence-corrected chi connectivity index (χ4v) is 1.64. The molecule has 0 unspecified atom stereocenters. The fourth-order valence-electron chi connectivity index (χ4n) is 1.64. The summed E-state index contributed by atoms with van der Waals surface area (Å²) in [4.78, 5) is 14.7. The van der Waals surface area contributed by atoms with Crippen molar-refractivity contribution in [1.82, 2.24) is 4.98 Å². The van der Waals surface area contributed by atoms with Gasteiger partial charge in [0.25, 0.3) is 0 Å². The summed E-state index contributed by atoms with van der Waals surface area (Å²) in [5, 5.41) is 9.00. The number of alkyl halides is 3. The molecular weight excluding hydrogens is 275 g/mol. The number of pyridine rings is 1. The molecule has 0 aliphatic rings. The standard InChI is InChI=1S/C13H8F3NO3/c14-13(15,16)20-9-5-3-8(4-6-9)10-2-1-7-17-11(10)12(18)19/h1-7H,(H,18,19). The zero-order chi connectivity index (χ0) is 14.8. The van der Waals surface area contributed by atoms with Gasteiger partial charge >= 0.3 is 12.3 Å². The molecule has 0 saturated heterocycles. The van der Waals surface area contributed by atoms with E-state index in [0.717, 1.165) is 12.1 Å². The summed E-state index contributed by atoms with van der Waals surface area (Å²) in [6.45, 7) is 0. The SMILES string of the molecule is O=C(O)c1ncccc1-c1ccc(OC(F)(F)F)cc1. The van der Waals surface area contributed by atoms with Crippen LogP contribution < -0.4 is 4.74 Å². The molecule has 0 aliphatic heterocycles. The van der Waals surface area contributed by atoms with E-state index >= 15 is 0 Å². The lowest BCUT2D eigenvalue weighted by Crippen LogP contribution is -2.16. The molecule has 2 aromatic rings. The van der Waals surface area contributed by atoms with E-state index < -0.39 is 12.3 Å². The third-order valence-corrected chi connectivity index (χ3v) is 2.41. The second-order valence-electron chi connectivity index (χ2n) is 3.78. The highest BCUT2D eigenvalue weighted by atomic mass is 19.4. The number of hydrogen-bond donors (Lipinski definition) is 1. The molecule has 0 amide bonds. The highest BCUT2D eigenvalue weighted by molar-refractivity contribution is 5.93. The van der Waals surface area contributed by atoms with E-state index in [1.807, 2.05) is 0 Å². The van der Waals surface area contributed by atoms with Gasteiger partial charge in [0.2, 0.25) is 0 Å². The Labute approximate surface area is 111 Å². The van der Waals surface area contributed by atoms with Gasteiger partial charge in [-0.3, -0.25) is 0 Å². The van der Waals surface area contributed by atoms with Crippen LogP contribution in [-0.2, 0) is 0 Å². The van der Waals surface area contributed by atoms with Gasteiger partial charge in [0, 0.05) is 11.8 Å². The molecule has 20 heavy (non-hydrogen) atoms. The van der Waals surface area contributed by atoms with Crippen LogP contribution in [-0.4, -0.2) is 22.4 Å². The van der Waals surface area contributed by atoms with Gasteiger partial charge in [0.15, 0.2) is 5.69 Å². The summed E-state index contributed by atoms with van der Waals surface area (Å²) in [5.41, 5.74) is 0.584. The Morgan fingerprint density at radius 1 is 1.15 bits per heavy atom. The lowest BCUT2D eigenvalue weighted by atomic mass is 10.0. The topological polar surface area (TPSA) is 59.4 Å². The zero-order valence-electron chi connectivity index (χ0n) is 9.89. The number of ether oxygens (including phenoxy) is 1. The summed E-state index contributed by atoms with van der Waals surface area (Å²) in [6, 6.07) is 7.97. The van der Waals surface area contributed by atoms with Gasteiger partial charge in [0.05, 0.1) is 0 Å². The minimum atomic E-state index is -4.76. The maximum atomic E-state index is 12.0. The molecule has 1 aromatic carbocycles. The van der Waals surface area contributed by atoms with E-state index in [9.17, 15) is 18.0 Å². The molecule has 4 nitrogen and oxygen atoms in total. The fraction of sp³-hybridized carbons (Fsp3) is 0.0769. The van der Waals surface area contributed by atoms with Crippen molar-refractivity contribution in [2.45, 2.75) is 6.36 Å². The lowest BCUT2D eigenvalue weighted by Gasteiger charge is -2.10. The normalized spacial score (nSPS) is 11.2. The average Bonchev–Trinajstić information content (AvgIpc) is 2.38. The van der Waals surface area contributed by atoms with Gasteiger partial charge in [-0.2, -0.15) is 0 Å². The predicted molar refractivity (Wildman–Crippen MR) is 63.3 cm³/mol. The second-order valence-corrected chi connectivity index (χ2v) is 3.78. The molecule has 1 aromatic heterocycles. The van der Waals surface area contributed by atoms with E-state index in [-0.39, 0.29) is 11.4 Å². The summed E-state index contributed by atoms with van der Waals surface area (Å²) in [5.74, 6) is -1.58. The van der Waals surface area contributed by atoms with Crippen molar-refractivity contribution >= 4 is 5.97 Å². The highest BCUT2D eigenvalue weighted by Gasteiger charge is 2.31. The van der Waals surface area contributed by atoms with Crippen molar-refractivity contribution in [3.63, 3.8) is 0 Å². The van der Waals surface area contributed by atoms with Gasteiger partial charge < -0.3 is 9.84 Å². The number of carboxylic acids is 1. The second kappa shape index (κ2) is 5.20. The number of nitrogens with zero attached hydrogens (tertiary/aromatic N) is 1. The lowest BCUT2D eigenvalue weighted by molar-refractivity contribution is -0.274. The van der Waals surface area contributed by atoms with Gasteiger partial charge in [0.1, 0.15) is 5.75 Å². The Morgan fingerprint density at radius 3 is 2.35 bits per heavy atom. The molecule has 0 bridgehead atoms. The first-order valence-electron chi connectivity index (χ1n) is 5.41. The Hall–Kier alpha value is -2.57. The third kappa shape index (κ3) is 3.25. The van der Waals surface area contributed by atoms with Crippen LogP contribution in [0, 0.1) is 0 Å². The summed E-state index contributed by atoms with van der Waals surface area (Å²) in [6.07, 6.45) is -3.43. The smallest absolute Gasteiger partial charge is 0.476 e. The maximum Gasteiger partial charge on any atom is 0.573 e. The average molecular weight is 283 g/mol. The molecule has 7 heteroatoms. The van der Waals surface area contributed by atoms with E-state index in [2.05, 4.69) is 9.72 Å². The van der Waals surface area contributed by atoms with Crippen LogP contribution in [0.1, 0.15) is 10.5 Å². The Kier molecular flexibility index (Phi) is 3.60. The van der Waals surface area contributed by atoms with Crippen LogP contribution in [0.2, 0.25) is 0 Å². The summed E-state index contributed by atoms with van der Waals surface area (Å²) in [7, 11) is 0. The first-order valence-corrected chi connectivity index (χ1v) is 5.41. The molecule has 0 fully saturated rings. The van der Waals surface area contributed by atoms with Crippen LogP contribution in [0.15, 0.2) is 42.6 Å². The van der Waals surface area contributed by atoms with Crippen molar-refractivity contribution < 1.29 is 27.8 Å². The minimum Gasteiger partial charge on any atom is -0.476 e. The third-order valence-electron chi connectivity index (χ3n) is 2.41. The quantitative estimate of drug-likeness (QED) is 0.938. The Balaban J connectivity index is 2.33. The number of aromatic carboxylic acids is 1. The van der Waals surface area contributed by atoms with Gasteiger partial charge in [-0.1, -0.05) is 18.2 Å². The number of carboxylic acid groups (broad SMARTS) is 1. The van der Waals surface area contributed by atoms with Crippen molar-refractivity contribution in [1.29, 1.82) is 0 Å². The number of carbonyl (C=O) groups is 1. The summed E-state index contributed by atoms with van der Waals surface area (Å²) < 4.78 is 39.8. The van der Waals surface area contributed by atoms with Crippen molar-refractivity contribution in [3.8, 4) is 16.9 Å². The molecule has 0 aliphatic carbocycles. The van der Waals surface area contributed by atoms with Crippen molar-refractivity contribution in [2.24, 2.45) is 0 Å². The van der Waals surface area contributed by atoms with Gasteiger partial charge in [-0.15, -0.1) is 13.2 Å². The first kappa shape index (κ1) is 13.9. The largest absolute Gasteiger partial charge is 0.573 e. The Bertz CT molecular complexity index is 624. The van der Waals surface area contributed by atoms with Crippen LogP contribution in [0.3, 0.4) is 0 Å². The van der Waals surface area contributed by atoms with Crippen LogP contribution >= 0.6 is 0 Å². The van der Waals surface area contributed by atoms with E-state index in [1.165, 1.54) is 24.4 Å². The molecule has 0 radical (unpaired) electrons. The monoisotopic (exact) mass is 283 g/mol. The number of halogens is 3. The molecule has 1 N–H and O–H groups in total. The number of hydrogen-bond acceptors (Lipinski definition) is 3. The number of aromatic nitrogens is 1. The zero-order valence-corrected chi connectivity index (χ0v) is 9.89. The van der Waals surface area contributed by atoms with Gasteiger partial charge in [-0.05, 0) is 23.8 Å². The molecule has 0 spiro atoms. The van der Waals surface area contributed by atoms with E-state index in [4.69, 9.17) is 5.11 Å². The van der Waals surface area contributed by atoms with E-state index in [0.29, 0.717) is 11.1 Å². The van der Waals surface area contributed by atoms with Crippen LogP contribution in [0.5, 0.6) is 5.75 Å². The van der Waals surface area contributed by atoms with E-state index in [1.54, 1.807) is 6.07 Å². The van der Waals surface area contributed by atoms with Gasteiger partial charge in [-0.25, -0.2) is 9.78 Å². The minimum absolute atomic E-state index is 0.169. The molecular formula is C13H8F3NO3. The molecule has 1 heterocycles. The maximum absolute atomic E-state index is 12.0. The molecule has 104 valence electrons. The Morgan fingerprint density at radius 2 is 1.80 bits per heavy atom. The van der Waals surface area contributed by atoms with Crippen molar-refractivity contribution in [2.75, 3.05) is 0 Å². The van der Waals surface area contributed by atoms with Crippen LogP contribution in [0.25, 0.3) is 11.1 Å². The molecule has 2 rings (SSSR count). The first-order chi connectivity index (χ1) is 9.37. The summed E-state index contributed by atoms with van der Waals surface area (Å²) >= 11 is 0. The predicted octanol–water partition coefficient (Wildman–Crippen LogP) is 3.35. The number of benzene rings is 1.